The predicted molar refractivity (Wildman–Crippen MR) is 84.1 cm³/mol. The van der Waals surface area contributed by atoms with E-state index in [9.17, 15) is 24.5 Å². The molecular weight excluding hydrogens is 342 g/mol. The molecule has 0 fully saturated rings. The Hall–Kier alpha value is -2.94. The number of hydrogen-bond donors (Lipinski definition) is 0. The van der Waals surface area contributed by atoms with E-state index < -0.39 is 27.8 Å². The molecule has 0 saturated carbocycles. The lowest BCUT2D eigenvalue weighted by atomic mass is 10.2. The standard InChI is InChI=1S/C14H12ClN3O6/c1-16-9(6-12(19)17(2)14(16)21)7-24-13(20)8-3-4-10(15)11(5-8)18(22)23/h3-6H,7H2,1-2H3. The van der Waals surface area contributed by atoms with Crippen LogP contribution in [0.5, 0.6) is 0 Å². The minimum Gasteiger partial charge on any atom is -0.456 e. The molecule has 0 saturated heterocycles. The van der Waals surface area contributed by atoms with E-state index in [0.29, 0.717) is 0 Å². The Balaban J connectivity index is 2.23. The average Bonchev–Trinajstić information content (AvgIpc) is 2.54. The van der Waals surface area contributed by atoms with Crippen molar-refractivity contribution >= 4 is 23.3 Å². The molecule has 0 unspecified atom stereocenters. The Morgan fingerprint density at radius 1 is 1.25 bits per heavy atom. The number of carbonyl (C=O) groups excluding carboxylic acids is 1. The molecule has 0 aliphatic heterocycles. The lowest BCUT2D eigenvalue weighted by molar-refractivity contribution is -0.384. The fraction of sp³-hybridized carbons (Fsp3) is 0.214. The van der Waals surface area contributed by atoms with Crippen LogP contribution in [0.3, 0.4) is 0 Å². The number of hydrogen-bond acceptors (Lipinski definition) is 6. The van der Waals surface area contributed by atoms with Crippen LogP contribution >= 0.6 is 11.6 Å². The van der Waals surface area contributed by atoms with Gasteiger partial charge in [-0.25, -0.2) is 9.59 Å². The zero-order valence-electron chi connectivity index (χ0n) is 12.7. The van der Waals surface area contributed by atoms with Gasteiger partial charge >= 0.3 is 11.7 Å². The maximum Gasteiger partial charge on any atom is 0.338 e. The van der Waals surface area contributed by atoms with Crippen molar-refractivity contribution in [3.8, 4) is 0 Å². The minimum absolute atomic E-state index is 0.0695. The number of benzene rings is 1. The molecule has 0 radical (unpaired) electrons. The van der Waals surface area contributed by atoms with Gasteiger partial charge in [0.15, 0.2) is 0 Å². The molecule has 126 valence electrons. The van der Waals surface area contributed by atoms with E-state index in [2.05, 4.69) is 0 Å². The smallest absolute Gasteiger partial charge is 0.338 e. The van der Waals surface area contributed by atoms with Gasteiger partial charge in [0.1, 0.15) is 11.6 Å². The molecular formula is C14H12ClN3O6. The summed E-state index contributed by atoms with van der Waals surface area (Å²) in [7, 11) is 2.76. The Bertz CT molecular complexity index is 947. The Morgan fingerprint density at radius 2 is 1.92 bits per heavy atom. The molecule has 0 atom stereocenters. The van der Waals surface area contributed by atoms with Crippen LogP contribution in [0.4, 0.5) is 5.69 Å². The van der Waals surface area contributed by atoms with Gasteiger partial charge in [-0.3, -0.25) is 24.0 Å². The summed E-state index contributed by atoms with van der Waals surface area (Å²) in [5.41, 5.74) is -1.39. The van der Waals surface area contributed by atoms with Crippen molar-refractivity contribution in [2.45, 2.75) is 6.61 Å². The normalized spacial score (nSPS) is 10.5. The van der Waals surface area contributed by atoms with Crippen LogP contribution in [-0.2, 0) is 25.4 Å². The van der Waals surface area contributed by atoms with Gasteiger partial charge in [0, 0.05) is 26.2 Å². The first-order valence-electron chi connectivity index (χ1n) is 6.59. The number of aromatic nitrogens is 2. The predicted octanol–water partition coefficient (Wildman–Crippen LogP) is 1.00. The topological polar surface area (TPSA) is 113 Å². The zero-order valence-corrected chi connectivity index (χ0v) is 13.4. The number of carbonyl (C=O) groups is 1. The fourth-order valence-electron chi connectivity index (χ4n) is 1.92. The molecule has 10 heteroatoms. The highest BCUT2D eigenvalue weighted by atomic mass is 35.5. The lowest BCUT2D eigenvalue weighted by Gasteiger charge is -2.10. The first-order valence-corrected chi connectivity index (χ1v) is 6.97. The van der Waals surface area contributed by atoms with Crippen LogP contribution in [0, 0.1) is 10.1 Å². The van der Waals surface area contributed by atoms with E-state index in [1.807, 2.05) is 0 Å². The minimum atomic E-state index is -0.845. The summed E-state index contributed by atoms with van der Waals surface area (Å²) in [5, 5.41) is 10.7. The van der Waals surface area contributed by atoms with Crippen molar-refractivity contribution in [2.24, 2.45) is 14.1 Å². The summed E-state index contributed by atoms with van der Waals surface area (Å²) >= 11 is 5.67. The van der Waals surface area contributed by atoms with Gasteiger partial charge in [0.2, 0.25) is 0 Å². The van der Waals surface area contributed by atoms with Crippen molar-refractivity contribution in [1.82, 2.24) is 9.13 Å². The van der Waals surface area contributed by atoms with Crippen LogP contribution in [0.25, 0.3) is 0 Å². The SMILES string of the molecule is Cn1c(COC(=O)c2ccc(Cl)c([N+](=O)[O-])c2)cc(=O)n(C)c1=O. The maximum absolute atomic E-state index is 12.0. The molecule has 0 N–H and O–H groups in total. The third-order valence-corrected chi connectivity index (χ3v) is 3.67. The van der Waals surface area contributed by atoms with Gasteiger partial charge in [0.25, 0.3) is 11.2 Å². The number of nitrogens with zero attached hydrogens (tertiary/aromatic N) is 3. The molecule has 1 aromatic heterocycles. The van der Waals surface area contributed by atoms with Crippen molar-refractivity contribution in [2.75, 3.05) is 0 Å². The largest absolute Gasteiger partial charge is 0.456 e. The molecule has 0 aliphatic carbocycles. The monoisotopic (exact) mass is 353 g/mol. The molecule has 1 heterocycles. The molecule has 2 aromatic rings. The van der Waals surface area contributed by atoms with Gasteiger partial charge < -0.3 is 4.74 Å². The van der Waals surface area contributed by atoms with E-state index in [-0.39, 0.29) is 22.9 Å². The summed E-state index contributed by atoms with van der Waals surface area (Å²) in [4.78, 5) is 45.5. The molecule has 24 heavy (non-hydrogen) atoms. The summed E-state index contributed by atoms with van der Waals surface area (Å²) in [6.45, 7) is -0.336. The van der Waals surface area contributed by atoms with Gasteiger partial charge in [-0.15, -0.1) is 0 Å². The van der Waals surface area contributed by atoms with Gasteiger partial charge in [0.05, 0.1) is 16.2 Å². The van der Waals surface area contributed by atoms with Crippen LogP contribution in [0.15, 0.2) is 33.9 Å². The van der Waals surface area contributed by atoms with Gasteiger partial charge in [-0.1, -0.05) is 11.6 Å². The third kappa shape index (κ3) is 3.35. The van der Waals surface area contributed by atoms with E-state index >= 15 is 0 Å². The van der Waals surface area contributed by atoms with E-state index in [1.165, 1.54) is 36.9 Å². The average molecular weight is 354 g/mol. The fourth-order valence-corrected chi connectivity index (χ4v) is 2.11. The summed E-state index contributed by atoms with van der Waals surface area (Å²) in [6, 6.07) is 4.65. The molecule has 9 nitrogen and oxygen atoms in total. The molecule has 0 amide bonds. The third-order valence-electron chi connectivity index (χ3n) is 3.36. The van der Waals surface area contributed by atoms with Crippen molar-refractivity contribution in [1.29, 1.82) is 0 Å². The maximum atomic E-state index is 12.0. The Labute approximate surface area is 139 Å². The van der Waals surface area contributed by atoms with E-state index in [4.69, 9.17) is 16.3 Å². The molecule has 1 aromatic carbocycles. The van der Waals surface area contributed by atoms with Crippen LogP contribution in [0.1, 0.15) is 16.1 Å². The summed E-state index contributed by atoms with van der Waals surface area (Å²) in [6.07, 6.45) is 0. The second kappa shape index (κ2) is 6.67. The number of ether oxygens (including phenoxy) is 1. The van der Waals surface area contributed by atoms with Crippen LogP contribution in [0.2, 0.25) is 5.02 Å². The highest BCUT2D eigenvalue weighted by Crippen LogP contribution is 2.25. The number of rotatable bonds is 4. The summed E-state index contributed by atoms with van der Waals surface area (Å²) < 4.78 is 7.08. The second-order valence-corrected chi connectivity index (χ2v) is 5.28. The highest BCUT2D eigenvalue weighted by molar-refractivity contribution is 6.32. The molecule has 0 spiro atoms. The first-order chi connectivity index (χ1) is 11.2. The van der Waals surface area contributed by atoms with Gasteiger partial charge in [-0.05, 0) is 12.1 Å². The molecule has 0 bridgehead atoms. The Morgan fingerprint density at radius 3 is 2.54 bits per heavy atom. The second-order valence-electron chi connectivity index (χ2n) is 4.87. The number of halogens is 1. The quantitative estimate of drug-likeness (QED) is 0.460. The molecule has 2 rings (SSSR count). The zero-order chi connectivity index (χ0) is 18.0. The first kappa shape index (κ1) is 17.4. The van der Waals surface area contributed by atoms with E-state index in [1.54, 1.807) is 0 Å². The number of nitro groups is 1. The molecule has 0 aliphatic rings. The lowest BCUT2D eigenvalue weighted by Crippen LogP contribution is -2.38. The highest BCUT2D eigenvalue weighted by Gasteiger charge is 2.17. The van der Waals surface area contributed by atoms with E-state index in [0.717, 1.165) is 10.6 Å². The van der Waals surface area contributed by atoms with Crippen LogP contribution in [-0.4, -0.2) is 20.0 Å². The Kier molecular flexibility index (Phi) is 4.84. The number of esters is 1. The van der Waals surface area contributed by atoms with Crippen LogP contribution < -0.4 is 11.2 Å². The number of nitro benzene ring substituents is 1. The van der Waals surface area contributed by atoms with Crippen molar-refractivity contribution < 1.29 is 14.5 Å². The van der Waals surface area contributed by atoms with Gasteiger partial charge in [-0.2, -0.15) is 0 Å². The summed E-state index contributed by atoms with van der Waals surface area (Å²) in [5.74, 6) is -0.845. The van der Waals surface area contributed by atoms with Crippen molar-refractivity contribution in [3.05, 3.63) is 71.5 Å². The van der Waals surface area contributed by atoms with Crippen molar-refractivity contribution in [3.63, 3.8) is 0 Å².